The van der Waals surface area contributed by atoms with Crippen LogP contribution in [0.3, 0.4) is 0 Å². The quantitative estimate of drug-likeness (QED) is 0.630. The highest BCUT2D eigenvalue weighted by molar-refractivity contribution is 7.98. The number of hydrogen-bond acceptors (Lipinski definition) is 4. The van der Waals surface area contributed by atoms with Crippen LogP contribution in [-0.2, 0) is 27.7 Å². The number of hydrogen-bond donors (Lipinski definition) is 2. The average Bonchev–Trinajstić information content (AvgIpc) is 3.15. The maximum Gasteiger partial charge on any atom is 0.241 e. The van der Waals surface area contributed by atoms with Gasteiger partial charge in [0.05, 0.1) is 10.6 Å². The van der Waals surface area contributed by atoms with E-state index in [1.807, 2.05) is 19.2 Å². The van der Waals surface area contributed by atoms with E-state index in [1.165, 1.54) is 29.0 Å². The predicted molar refractivity (Wildman–Crippen MR) is 119 cm³/mol. The van der Waals surface area contributed by atoms with Crippen molar-refractivity contribution in [3.05, 3.63) is 53.1 Å². The Bertz CT molecular complexity index is 1020. The minimum absolute atomic E-state index is 0.141. The van der Waals surface area contributed by atoms with Gasteiger partial charge in [0.15, 0.2) is 0 Å². The van der Waals surface area contributed by atoms with Crippen LogP contribution >= 0.6 is 11.8 Å². The van der Waals surface area contributed by atoms with Crippen molar-refractivity contribution in [1.82, 2.24) is 4.72 Å². The summed E-state index contributed by atoms with van der Waals surface area (Å²) < 4.78 is 28.8. The van der Waals surface area contributed by atoms with Crippen LogP contribution in [0.5, 0.6) is 0 Å². The van der Waals surface area contributed by atoms with Crippen LogP contribution in [0.1, 0.15) is 49.9 Å². The van der Waals surface area contributed by atoms with Gasteiger partial charge in [-0.2, -0.15) is 0 Å². The van der Waals surface area contributed by atoms with E-state index in [-0.39, 0.29) is 22.8 Å². The van der Waals surface area contributed by atoms with Gasteiger partial charge in [0, 0.05) is 16.9 Å². The van der Waals surface area contributed by atoms with Gasteiger partial charge in [-0.3, -0.25) is 4.79 Å². The smallest absolute Gasteiger partial charge is 0.241 e. The molecule has 7 heteroatoms. The number of thioether (sulfide) groups is 1. The van der Waals surface area contributed by atoms with E-state index >= 15 is 0 Å². The van der Waals surface area contributed by atoms with E-state index in [1.54, 1.807) is 26.0 Å². The van der Waals surface area contributed by atoms with Gasteiger partial charge in [0.1, 0.15) is 0 Å². The molecule has 1 atom stereocenters. The van der Waals surface area contributed by atoms with E-state index in [9.17, 15) is 13.2 Å². The van der Waals surface area contributed by atoms with E-state index in [0.717, 1.165) is 29.7 Å². The van der Waals surface area contributed by atoms with Gasteiger partial charge < -0.3 is 5.32 Å². The molecule has 0 fully saturated rings. The Kier molecular flexibility index (Phi) is 6.71. The zero-order valence-electron chi connectivity index (χ0n) is 17.3. The number of rotatable bonds is 7. The molecule has 1 aliphatic carbocycles. The SMILES string of the molecule is CSc1ccc(S(=O)(=O)NC(C)c2ccc3c(c2)CCC3)cc1NC(=O)C(C)C. The molecule has 0 saturated carbocycles. The van der Waals surface area contributed by atoms with Gasteiger partial charge in [0.2, 0.25) is 15.9 Å². The zero-order chi connectivity index (χ0) is 21.2. The normalized spacial score (nSPS) is 14.7. The monoisotopic (exact) mass is 432 g/mol. The molecule has 1 unspecified atom stereocenters. The number of amides is 1. The fraction of sp³-hybridized carbons (Fsp3) is 0.409. The number of aryl methyl sites for hydroxylation is 2. The van der Waals surface area contributed by atoms with E-state index < -0.39 is 10.0 Å². The second kappa shape index (κ2) is 8.90. The van der Waals surface area contributed by atoms with Crippen LogP contribution in [0.25, 0.3) is 0 Å². The summed E-state index contributed by atoms with van der Waals surface area (Å²) in [5.74, 6) is -0.336. The number of carbonyl (C=O) groups is 1. The zero-order valence-corrected chi connectivity index (χ0v) is 18.9. The van der Waals surface area contributed by atoms with Crippen molar-refractivity contribution in [3.8, 4) is 0 Å². The van der Waals surface area contributed by atoms with Crippen molar-refractivity contribution in [2.45, 2.75) is 55.9 Å². The first-order valence-corrected chi connectivity index (χ1v) is 12.5. The molecule has 1 amide bonds. The number of sulfonamides is 1. The fourth-order valence-electron chi connectivity index (χ4n) is 3.46. The average molecular weight is 433 g/mol. The molecule has 156 valence electrons. The predicted octanol–water partition coefficient (Wildman–Crippen LogP) is 4.53. The number of fused-ring (bicyclic) bond motifs is 1. The summed E-state index contributed by atoms with van der Waals surface area (Å²) in [4.78, 5) is 13.1. The Morgan fingerprint density at radius 2 is 1.76 bits per heavy atom. The maximum absolute atomic E-state index is 13.0. The van der Waals surface area contributed by atoms with Crippen LogP contribution in [0.15, 0.2) is 46.2 Å². The van der Waals surface area contributed by atoms with Crippen LogP contribution in [-0.4, -0.2) is 20.6 Å². The van der Waals surface area contributed by atoms with E-state index in [4.69, 9.17) is 0 Å². The molecular formula is C22H28N2O3S2. The Morgan fingerprint density at radius 1 is 1.03 bits per heavy atom. The summed E-state index contributed by atoms with van der Waals surface area (Å²) in [5, 5.41) is 2.83. The number of carbonyl (C=O) groups excluding carboxylic acids is 1. The molecule has 0 aliphatic heterocycles. The molecule has 1 aliphatic rings. The molecule has 2 aromatic rings. The van der Waals surface area contributed by atoms with Gasteiger partial charge in [0.25, 0.3) is 0 Å². The van der Waals surface area contributed by atoms with Crippen LogP contribution in [0.2, 0.25) is 0 Å². The number of benzene rings is 2. The lowest BCUT2D eigenvalue weighted by Crippen LogP contribution is -2.27. The van der Waals surface area contributed by atoms with Gasteiger partial charge in [-0.25, -0.2) is 13.1 Å². The van der Waals surface area contributed by atoms with Crippen molar-refractivity contribution in [3.63, 3.8) is 0 Å². The lowest BCUT2D eigenvalue weighted by molar-refractivity contribution is -0.118. The van der Waals surface area contributed by atoms with Crippen molar-refractivity contribution in [1.29, 1.82) is 0 Å². The van der Waals surface area contributed by atoms with Crippen LogP contribution in [0.4, 0.5) is 5.69 Å². The molecule has 0 heterocycles. The fourth-order valence-corrected chi connectivity index (χ4v) is 5.25. The molecule has 0 aromatic heterocycles. The molecule has 0 saturated heterocycles. The summed E-state index contributed by atoms with van der Waals surface area (Å²) >= 11 is 1.46. The summed E-state index contributed by atoms with van der Waals surface area (Å²) in [7, 11) is -3.74. The molecule has 2 N–H and O–H groups in total. The van der Waals surface area contributed by atoms with Crippen molar-refractivity contribution >= 4 is 33.4 Å². The first-order valence-electron chi connectivity index (χ1n) is 9.84. The minimum atomic E-state index is -3.74. The minimum Gasteiger partial charge on any atom is -0.325 e. The number of anilines is 1. The maximum atomic E-state index is 13.0. The molecule has 3 rings (SSSR count). The van der Waals surface area contributed by atoms with E-state index in [0.29, 0.717) is 5.69 Å². The summed E-state index contributed by atoms with van der Waals surface area (Å²) in [6.45, 7) is 5.45. The van der Waals surface area contributed by atoms with Crippen molar-refractivity contribution in [2.75, 3.05) is 11.6 Å². The number of nitrogens with one attached hydrogen (secondary N) is 2. The highest BCUT2D eigenvalue weighted by Gasteiger charge is 2.22. The van der Waals surface area contributed by atoms with Crippen LogP contribution in [0, 0.1) is 5.92 Å². The first kappa shape index (κ1) is 21.9. The van der Waals surface area contributed by atoms with E-state index in [2.05, 4.69) is 22.2 Å². The lowest BCUT2D eigenvalue weighted by atomic mass is 10.0. The highest BCUT2D eigenvalue weighted by atomic mass is 32.2. The second-order valence-corrected chi connectivity index (χ2v) is 10.3. The third-order valence-electron chi connectivity index (χ3n) is 5.22. The molecule has 2 aromatic carbocycles. The summed E-state index contributed by atoms with van der Waals surface area (Å²) in [5.41, 5.74) is 4.16. The molecule has 29 heavy (non-hydrogen) atoms. The topological polar surface area (TPSA) is 75.3 Å². The molecular weight excluding hydrogens is 404 g/mol. The third kappa shape index (κ3) is 5.02. The Balaban J connectivity index is 1.84. The van der Waals surface area contributed by atoms with Gasteiger partial charge in [-0.1, -0.05) is 32.0 Å². The van der Waals surface area contributed by atoms with Gasteiger partial charge in [-0.05, 0) is 67.3 Å². The molecule has 0 spiro atoms. The molecule has 5 nitrogen and oxygen atoms in total. The third-order valence-corrected chi connectivity index (χ3v) is 7.55. The molecule has 0 radical (unpaired) electrons. The summed E-state index contributed by atoms with van der Waals surface area (Å²) in [6.07, 6.45) is 5.20. The lowest BCUT2D eigenvalue weighted by Gasteiger charge is -2.17. The standard InChI is InChI=1S/C22H28N2O3S2/c1-14(2)22(25)23-20-13-19(10-11-21(20)28-4)29(26,27)24-15(3)17-9-8-16-6-5-7-18(16)12-17/h8-15,24H,5-7H2,1-4H3,(H,23,25). The van der Waals surface area contributed by atoms with Crippen molar-refractivity contribution in [2.24, 2.45) is 5.92 Å². The Labute approximate surface area is 177 Å². The van der Waals surface area contributed by atoms with Gasteiger partial charge >= 0.3 is 0 Å². The van der Waals surface area contributed by atoms with Crippen molar-refractivity contribution < 1.29 is 13.2 Å². The molecule has 0 bridgehead atoms. The second-order valence-electron chi connectivity index (χ2n) is 7.73. The van der Waals surface area contributed by atoms with Gasteiger partial charge in [-0.15, -0.1) is 11.8 Å². The summed E-state index contributed by atoms with van der Waals surface area (Å²) in [6, 6.07) is 10.7. The van der Waals surface area contributed by atoms with Crippen LogP contribution < -0.4 is 10.0 Å². The largest absolute Gasteiger partial charge is 0.325 e. The highest BCUT2D eigenvalue weighted by Crippen LogP contribution is 2.30. The Hall–Kier alpha value is -1.83. The Morgan fingerprint density at radius 3 is 2.45 bits per heavy atom. The first-order chi connectivity index (χ1) is 13.7.